The highest BCUT2D eigenvalue weighted by Crippen LogP contribution is 2.09. The highest BCUT2D eigenvalue weighted by Gasteiger charge is 2.09. The van der Waals surface area contributed by atoms with Crippen molar-refractivity contribution in [1.29, 1.82) is 0 Å². The van der Waals surface area contributed by atoms with Gasteiger partial charge in [-0.1, -0.05) is 6.92 Å². The zero-order chi connectivity index (χ0) is 10.6. The van der Waals surface area contributed by atoms with Crippen LogP contribution in [0.15, 0.2) is 12.3 Å². The number of sulfonamides is 1. The molecule has 0 saturated carbocycles. The van der Waals surface area contributed by atoms with E-state index in [2.05, 4.69) is 9.82 Å². The molecule has 0 aliphatic rings. The van der Waals surface area contributed by atoms with Crippen LogP contribution in [0.3, 0.4) is 0 Å². The molecule has 0 spiro atoms. The Morgan fingerprint density at radius 1 is 1.50 bits per heavy atom. The monoisotopic (exact) mass is 217 g/mol. The van der Waals surface area contributed by atoms with E-state index in [0.717, 1.165) is 6.42 Å². The first-order valence-electron chi connectivity index (χ1n) is 4.61. The lowest BCUT2D eigenvalue weighted by Gasteiger charge is -2.07. The van der Waals surface area contributed by atoms with Crippen molar-refractivity contribution in [3.63, 3.8) is 0 Å². The van der Waals surface area contributed by atoms with Crippen molar-refractivity contribution in [1.82, 2.24) is 9.78 Å². The van der Waals surface area contributed by atoms with E-state index in [9.17, 15) is 8.42 Å². The molecule has 1 heterocycles. The average Bonchev–Trinajstić information content (AvgIpc) is 2.53. The first kappa shape index (κ1) is 11.0. The van der Waals surface area contributed by atoms with Gasteiger partial charge in [-0.15, -0.1) is 0 Å². The number of nitrogens with one attached hydrogen (secondary N) is 1. The van der Waals surface area contributed by atoms with Crippen molar-refractivity contribution in [2.24, 2.45) is 0 Å². The summed E-state index contributed by atoms with van der Waals surface area (Å²) in [5.41, 5.74) is 0. The number of aromatic nitrogens is 2. The minimum atomic E-state index is -3.19. The Balaban J connectivity index is 2.81. The highest BCUT2D eigenvalue weighted by molar-refractivity contribution is 7.92. The number of aryl methyl sites for hydroxylation is 1. The molecule has 1 aromatic heterocycles. The van der Waals surface area contributed by atoms with Crippen LogP contribution in [0.4, 0.5) is 5.82 Å². The van der Waals surface area contributed by atoms with E-state index in [1.807, 2.05) is 6.92 Å². The molecule has 0 aliphatic heterocycles. The average molecular weight is 217 g/mol. The maximum absolute atomic E-state index is 11.3. The molecule has 1 rings (SSSR count). The van der Waals surface area contributed by atoms with E-state index in [1.165, 1.54) is 0 Å². The Morgan fingerprint density at radius 3 is 2.79 bits per heavy atom. The van der Waals surface area contributed by atoms with E-state index < -0.39 is 10.0 Å². The van der Waals surface area contributed by atoms with Gasteiger partial charge < -0.3 is 0 Å². The number of nitrogens with zero attached hydrogens (tertiary/aromatic N) is 2. The maximum atomic E-state index is 11.3. The zero-order valence-corrected chi connectivity index (χ0v) is 9.21. The van der Waals surface area contributed by atoms with Gasteiger partial charge in [0.05, 0.1) is 11.9 Å². The third kappa shape index (κ3) is 2.73. The Labute approximate surface area is 84.2 Å². The van der Waals surface area contributed by atoms with Crippen molar-refractivity contribution in [3.05, 3.63) is 12.3 Å². The second-order valence-electron chi connectivity index (χ2n) is 2.95. The molecule has 0 amide bonds. The van der Waals surface area contributed by atoms with Gasteiger partial charge in [-0.2, -0.15) is 5.10 Å². The van der Waals surface area contributed by atoms with Crippen LogP contribution >= 0.6 is 0 Å². The molecule has 0 unspecified atom stereocenters. The number of hydrogen-bond acceptors (Lipinski definition) is 3. The summed E-state index contributed by atoms with van der Waals surface area (Å²) in [5.74, 6) is 0.610. The molecule has 14 heavy (non-hydrogen) atoms. The van der Waals surface area contributed by atoms with Gasteiger partial charge in [-0.3, -0.25) is 4.72 Å². The van der Waals surface area contributed by atoms with E-state index in [-0.39, 0.29) is 5.75 Å². The highest BCUT2D eigenvalue weighted by atomic mass is 32.2. The van der Waals surface area contributed by atoms with E-state index >= 15 is 0 Å². The van der Waals surface area contributed by atoms with Gasteiger partial charge in [-0.05, 0) is 13.3 Å². The predicted octanol–water partition coefficient (Wildman–Crippen LogP) is 1.05. The molecule has 0 atom stereocenters. The van der Waals surface area contributed by atoms with E-state index in [0.29, 0.717) is 12.4 Å². The zero-order valence-electron chi connectivity index (χ0n) is 8.40. The van der Waals surface area contributed by atoms with Gasteiger partial charge in [-0.25, -0.2) is 13.1 Å². The summed E-state index contributed by atoms with van der Waals surface area (Å²) < 4.78 is 26.7. The van der Waals surface area contributed by atoms with Gasteiger partial charge in [0, 0.05) is 12.6 Å². The molecule has 1 N–H and O–H groups in total. The van der Waals surface area contributed by atoms with Crippen molar-refractivity contribution < 1.29 is 8.42 Å². The van der Waals surface area contributed by atoms with Crippen LogP contribution in [-0.4, -0.2) is 24.0 Å². The van der Waals surface area contributed by atoms with Crippen LogP contribution in [0, 0.1) is 0 Å². The lowest BCUT2D eigenvalue weighted by molar-refractivity contribution is 0.594. The van der Waals surface area contributed by atoms with E-state index in [1.54, 1.807) is 23.9 Å². The summed E-state index contributed by atoms with van der Waals surface area (Å²) in [6, 6.07) is 1.66. The van der Waals surface area contributed by atoms with Crippen molar-refractivity contribution in [2.75, 3.05) is 10.5 Å². The Kier molecular flexibility index (Phi) is 3.51. The second kappa shape index (κ2) is 4.45. The fourth-order valence-corrected chi connectivity index (χ4v) is 1.68. The SMILES string of the molecule is CCCn1nccc1NS(=O)(=O)CC. The fraction of sp³-hybridized carbons (Fsp3) is 0.625. The first-order valence-corrected chi connectivity index (χ1v) is 6.26. The Bertz CT molecular complexity index is 383. The number of anilines is 1. The van der Waals surface area contributed by atoms with Gasteiger partial charge in [0.2, 0.25) is 10.0 Å². The molecule has 0 fully saturated rings. The van der Waals surface area contributed by atoms with Crippen molar-refractivity contribution in [2.45, 2.75) is 26.8 Å². The predicted molar refractivity (Wildman–Crippen MR) is 55.6 cm³/mol. The quantitative estimate of drug-likeness (QED) is 0.802. The lowest BCUT2D eigenvalue weighted by Crippen LogP contribution is -2.17. The van der Waals surface area contributed by atoms with Crippen molar-refractivity contribution in [3.8, 4) is 0 Å². The van der Waals surface area contributed by atoms with Gasteiger partial charge in [0.25, 0.3) is 0 Å². The second-order valence-corrected chi connectivity index (χ2v) is 4.96. The molecule has 6 heteroatoms. The molecule has 0 saturated heterocycles. The summed E-state index contributed by atoms with van der Waals surface area (Å²) in [4.78, 5) is 0. The molecule has 0 aromatic carbocycles. The van der Waals surface area contributed by atoms with Gasteiger partial charge in [0.15, 0.2) is 0 Å². The molecule has 5 nitrogen and oxygen atoms in total. The molecule has 80 valence electrons. The minimum Gasteiger partial charge on any atom is -0.268 e. The van der Waals surface area contributed by atoms with Crippen LogP contribution in [-0.2, 0) is 16.6 Å². The van der Waals surface area contributed by atoms with E-state index in [4.69, 9.17) is 0 Å². The molecular formula is C8H15N3O2S. The third-order valence-corrected chi connectivity index (χ3v) is 3.07. The first-order chi connectivity index (χ1) is 6.59. The summed E-state index contributed by atoms with van der Waals surface area (Å²) >= 11 is 0. The van der Waals surface area contributed by atoms with Crippen LogP contribution < -0.4 is 4.72 Å². The molecular weight excluding hydrogens is 202 g/mol. The minimum absolute atomic E-state index is 0.0737. The Hall–Kier alpha value is -1.04. The summed E-state index contributed by atoms with van der Waals surface area (Å²) in [6.45, 7) is 4.33. The largest absolute Gasteiger partial charge is 0.268 e. The molecule has 1 aromatic rings. The van der Waals surface area contributed by atoms with Crippen molar-refractivity contribution >= 4 is 15.8 Å². The fourth-order valence-electron chi connectivity index (χ4n) is 1.04. The maximum Gasteiger partial charge on any atom is 0.233 e. The number of rotatable bonds is 5. The topological polar surface area (TPSA) is 64.0 Å². The van der Waals surface area contributed by atoms with Crippen LogP contribution in [0.5, 0.6) is 0 Å². The number of hydrogen-bond donors (Lipinski definition) is 1. The normalized spacial score (nSPS) is 11.6. The standard InChI is InChI=1S/C8H15N3O2S/c1-3-7-11-8(5-6-9-11)10-14(12,13)4-2/h5-6,10H,3-4,7H2,1-2H3. The molecule has 0 radical (unpaired) electrons. The Morgan fingerprint density at radius 2 is 2.21 bits per heavy atom. The molecule has 0 bridgehead atoms. The third-order valence-electron chi connectivity index (χ3n) is 1.79. The van der Waals surface area contributed by atoms with Crippen LogP contribution in [0.1, 0.15) is 20.3 Å². The van der Waals surface area contributed by atoms with Crippen LogP contribution in [0.2, 0.25) is 0 Å². The molecule has 0 aliphatic carbocycles. The summed E-state index contributed by atoms with van der Waals surface area (Å²) in [6.07, 6.45) is 2.51. The smallest absolute Gasteiger partial charge is 0.233 e. The van der Waals surface area contributed by atoms with Gasteiger partial charge in [0.1, 0.15) is 5.82 Å². The summed E-state index contributed by atoms with van der Waals surface area (Å²) in [5, 5.41) is 4.01. The lowest BCUT2D eigenvalue weighted by atomic mass is 10.5. The van der Waals surface area contributed by atoms with Gasteiger partial charge >= 0.3 is 0 Å². The van der Waals surface area contributed by atoms with Crippen LogP contribution in [0.25, 0.3) is 0 Å². The summed E-state index contributed by atoms with van der Waals surface area (Å²) in [7, 11) is -3.19.